The highest BCUT2D eigenvalue weighted by atomic mass is 79.9. The predicted molar refractivity (Wildman–Crippen MR) is 59.3 cm³/mol. The monoisotopic (exact) mass is 256 g/mol. The average Bonchev–Trinajstić information content (AvgIpc) is 2.10. The topological polar surface area (TPSA) is 55.0 Å². The molecular formula is C9H13BrN4. The Morgan fingerprint density at radius 1 is 1.71 bits per heavy atom. The van der Waals surface area contributed by atoms with E-state index in [4.69, 9.17) is 5.73 Å². The molecule has 4 nitrogen and oxygen atoms in total. The van der Waals surface area contributed by atoms with Gasteiger partial charge in [-0.3, -0.25) is 0 Å². The van der Waals surface area contributed by atoms with Gasteiger partial charge in [-0.15, -0.1) is 0 Å². The Labute approximate surface area is 91.7 Å². The van der Waals surface area contributed by atoms with Crippen LogP contribution in [-0.4, -0.2) is 29.1 Å². The van der Waals surface area contributed by atoms with Crippen LogP contribution in [0.3, 0.4) is 0 Å². The number of aromatic nitrogens is 2. The fourth-order valence-electron chi connectivity index (χ4n) is 1.53. The number of nitrogens with zero attached hydrogens (tertiary/aromatic N) is 3. The van der Waals surface area contributed by atoms with Crippen LogP contribution in [-0.2, 0) is 0 Å². The van der Waals surface area contributed by atoms with Crippen molar-refractivity contribution in [1.82, 2.24) is 9.97 Å². The number of hydrogen-bond donors (Lipinski definition) is 1. The molecule has 0 amide bonds. The molecule has 0 radical (unpaired) electrons. The van der Waals surface area contributed by atoms with Crippen molar-refractivity contribution in [2.24, 2.45) is 5.73 Å². The van der Waals surface area contributed by atoms with Gasteiger partial charge in [-0.25, -0.2) is 9.97 Å². The molecule has 0 aromatic carbocycles. The van der Waals surface area contributed by atoms with Crippen LogP contribution in [0.1, 0.15) is 12.1 Å². The molecule has 2 heterocycles. The molecule has 1 aliphatic rings. The summed E-state index contributed by atoms with van der Waals surface area (Å²) >= 11 is 3.38. The van der Waals surface area contributed by atoms with Gasteiger partial charge in [0, 0.05) is 25.3 Å². The smallest absolute Gasteiger partial charge is 0.225 e. The number of anilines is 1. The number of nitrogens with two attached hydrogens (primary N) is 1. The van der Waals surface area contributed by atoms with Crippen LogP contribution >= 0.6 is 15.9 Å². The Hall–Kier alpha value is -0.680. The molecule has 1 aromatic rings. The van der Waals surface area contributed by atoms with Gasteiger partial charge >= 0.3 is 0 Å². The molecule has 1 fully saturated rings. The number of hydrogen-bond acceptors (Lipinski definition) is 4. The fourth-order valence-corrected chi connectivity index (χ4v) is 1.72. The van der Waals surface area contributed by atoms with E-state index in [1.807, 2.05) is 6.92 Å². The van der Waals surface area contributed by atoms with Crippen molar-refractivity contribution in [1.29, 1.82) is 0 Å². The summed E-state index contributed by atoms with van der Waals surface area (Å²) in [6, 6.07) is 0.426. The van der Waals surface area contributed by atoms with Crippen LogP contribution in [0.5, 0.6) is 0 Å². The van der Waals surface area contributed by atoms with Crippen LogP contribution in [0.15, 0.2) is 10.7 Å². The van der Waals surface area contributed by atoms with E-state index < -0.39 is 0 Å². The lowest BCUT2D eigenvalue weighted by molar-refractivity contribution is 0.446. The summed E-state index contributed by atoms with van der Waals surface area (Å²) in [5.74, 6) is 0.799. The summed E-state index contributed by atoms with van der Waals surface area (Å²) in [4.78, 5) is 10.8. The first-order valence-corrected chi connectivity index (χ1v) is 5.47. The minimum absolute atomic E-state index is 0.426. The Morgan fingerprint density at radius 2 is 2.50 bits per heavy atom. The van der Waals surface area contributed by atoms with E-state index in [1.165, 1.54) is 0 Å². The van der Waals surface area contributed by atoms with Gasteiger partial charge in [0.2, 0.25) is 5.95 Å². The molecule has 1 saturated heterocycles. The number of aryl methyl sites for hydroxylation is 1. The molecule has 5 heteroatoms. The minimum Gasteiger partial charge on any atom is -0.336 e. The highest BCUT2D eigenvalue weighted by Crippen LogP contribution is 2.23. The number of rotatable bonds is 2. The molecule has 1 aromatic heterocycles. The Bertz CT molecular complexity index is 340. The van der Waals surface area contributed by atoms with Crippen LogP contribution in [0.25, 0.3) is 0 Å². The van der Waals surface area contributed by atoms with Gasteiger partial charge in [-0.05, 0) is 29.3 Å². The van der Waals surface area contributed by atoms with Crippen LogP contribution in [0.4, 0.5) is 5.95 Å². The van der Waals surface area contributed by atoms with Crippen molar-refractivity contribution in [2.75, 3.05) is 18.0 Å². The first kappa shape index (κ1) is 9.86. The third-order valence-electron chi connectivity index (χ3n) is 2.58. The van der Waals surface area contributed by atoms with E-state index in [-0.39, 0.29) is 0 Å². The van der Waals surface area contributed by atoms with E-state index in [1.54, 1.807) is 6.20 Å². The zero-order chi connectivity index (χ0) is 10.1. The molecule has 76 valence electrons. The average molecular weight is 257 g/mol. The lowest BCUT2D eigenvalue weighted by atomic mass is 10.0. The second-order valence-corrected chi connectivity index (χ2v) is 4.33. The summed E-state index contributed by atoms with van der Waals surface area (Å²) in [5.41, 5.74) is 6.59. The molecule has 0 aliphatic carbocycles. The largest absolute Gasteiger partial charge is 0.336 e. The molecule has 1 unspecified atom stereocenters. The van der Waals surface area contributed by atoms with Gasteiger partial charge in [-0.1, -0.05) is 0 Å². The van der Waals surface area contributed by atoms with Gasteiger partial charge in [0.1, 0.15) is 0 Å². The molecule has 14 heavy (non-hydrogen) atoms. The SMILES string of the molecule is Cc1nc(N2CCC2CN)ncc1Br. The van der Waals surface area contributed by atoms with E-state index in [9.17, 15) is 0 Å². The van der Waals surface area contributed by atoms with Crippen LogP contribution in [0, 0.1) is 6.92 Å². The van der Waals surface area contributed by atoms with E-state index in [2.05, 4.69) is 30.8 Å². The van der Waals surface area contributed by atoms with Gasteiger partial charge in [0.25, 0.3) is 0 Å². The summed E-state index contributed by atoms with van der Waals surface area (Å²) in [5, 5.41) is 0. The highest BCUT2D eigenvalue weighted by Gasteiger charge is 2.28. The van der Waals surface area contributed by atoms with Gasteiger partial charge < -0.3 is 10.6 Å². The molecule has 2 rings (SSSR count). The summed E-state index contributed by atoms with van der Waals surface area (Å²) in [6.45, 7) is 3.66. The molecule has 2 N–H and O–H groups in total. The molecule has 0 bridgehead atoms. The van der Waals surface area contributed by atoms with Crippen molar-refractivity contribution in [3.05, 3.63) is 16.4 Å². The van der Waals surface area contributed by atoms with Gasteiger partial charge in [0.15, 0.2) is 0 Å². The van der Waals surface area contributed by atoms with E-state index in [0.29, 0.717) is 12.6 Å². The normalized spacial score (nSPS) is 20.8. The van der Waals surface area contributed by atoms with Gasteiger partial charge in [0.05, 0.1) is 10.2 Å². The zero-order valence-corrected chi connectivity index (χ0v) is 9.66. The van der Waals surface area contributed by atoms with E-state index >= 15 is 0 Å². The summed E-state index contributed by atoms with van der Waals surface area (Å²) in [7, 11) is 0. The highest BCUT2D eigenvalue weighted by molar-refractivity contribution is 9.10. The predicted octanol–water partition coefficient (Wildman–Crippen LogP) is 1.08. The second-order valence-electron chi connectivity index (χ2n) is 3.47. The Balaban J connectivity index is 2.20. The lowest BCUT2D eigenvalue weighted by Gasteiger charge is -2.40. The molecule has 0 saturated carbocycles. The van der Waals surface area contributed by atoms with Crippen LogP contribution in [0.2, 0.25) is 0 Å². The van der Waals surface area contributed by atoms with Crippen molar-refractivity contribution in [3.8, 4) is 0 Å². The van der Waals surface area contributed by atoms with Crippen molar-refractivity contribution in [3.63, 3.8) is 0 Å². The molecule has 1 aliphatic heterocycles. The van der Waals surface area contributed by atoms with Crippen molar-refractivity contribution < 1.29 is 0 Å². The van der Waals surface area contributed by atoms with Crippen LogP contribution < -0.4 is 10.6 Å². The maximum absolute atomic E-state index is 5.62. The maximum atomic E-state index is 5.62. The zero-order valence-electron chi connectivity index (χ0n) is 8.07. The summed E-state index contributed by atoms with van der Waals surface area (Å²) < 4.78 is 0.950. The molecule has 1 atom stereocenters. The molecular weight excluding hydrogens is 244 g/mol. The van der Waals surface area contributed by atoms with Gasteiger partial charge in [-0.2, -0.15) is 0 Å². The standard InChI is InChI=1S/C9H13BrN4/c1-6-8(10)5-12-9(13-6)14-3-2-7(14)4-11/h5,7H,2-4,11H2,1H3. The molecule has 0 spiro atoms. The third kappa shape index (κ3) is 1.62. The maximum Gasteiger partial charge on any atom is 0.225 e. The fraction of sp³-hybridized carbons (Fsp3) is 0.556. The Morgan fingerprint density at radius 3 is 3.00 bits per heavy atom. The number of halogens is 1. The van der Waals surface area contributed by atoms with Crippen molar-refractivity contribution in [2.45, 2.75) is 19.4 Å². The second kappa shape index (κ2) is 3.82. The quantitative estimate of drug-likeness (QED) is 0.861. The minimum atomic E-state index is 0.426. The first-order valence-electron chi connectivity index (χ1n) is 4.68. The Kier molecular flexibility index (Phi) is 2.69. The lowest BCUT2D eigenvalue weighted by Crippen LogP contribution is -2.52. The first-order chi connectivity index (χ1) is 6.72. The van der Waals surface area contributed by atoms with E-state index in [0.717, 1.165) is 29.1 Å². The summed E-state index contributed by atoms with van der Waals surface area (Å²) in [6.07, 6.45) is 2.94. The third-order valence-corrected chi connectivity index (χ3v) is 3.36. The van der Waals surface area contributed by atoms with Crippen molar-refractivity contribution >= 4 is 21.9 Å².